The van der Waals surface area contributed by atoms with Gasteiger partial charge in [0.05, 0.1) is 23.2 Å². The van der Waals surface area contributed by atoms with Gasteiger partial charge in [-0.3, -0.25) is 10.1 Å². The molecule has 126 valence electrons. The van der Waals surface area contributed by atoms with Gasteiger partial charge in [0.1, 0.15) is 5.56 Å². The maximum Gasteiger partial charge on any atom is 0.345 e. The van der Waals surface area contributed by atoms with Gasteiger partial charge in [0.15, 0.2) is 0 Å². The summed E-state index contributed by atoms with van der Waals surface area (Å²) in [4.78, 5) is 24.7. The van der Waals surface area contributed by atoms with Gasteiger partial charge in [-0.1, -0.05) is 0 Å². The van der Waals surface area contributed by atoms with E-state index in [0.717, 1.165) is 5.69 Å². The van der Waals surface area contributed by atoms with Crippen molar-refractivity contribution in [2.75, 3.05) is 24.6 Å². The second kappa shape index (κ2) is 6.54. The number of hydrogen-bond donors (Lipinski definition) is 0. The van der Waals surface area contributed by atoms with Crippen LogP contribution in [0.3, 0.4) is 0 Å². The smallest absolute Gasteiger partial charge is 0.345 e. The SMILES string of the molecule is CCOC(=O)c1cc(N2C[C@@H](C)OC(C)(C)C2)ccc1[N+](=O)[O-]. The van der Waals surface area contributed by atoms with Crippen LogP contribution in [0, 0.1) is 10.1 Å². The van der Waals surface area contributed by atoms with Gasteiger partial charge >= 0.3 is 5.97 Å². The van der Waals surface area contributed by atoms with E-state index in [0.29, 0.717) is 13.1 Å². The van der Waals surface area contributed by atoms with E-state index >= 15 is 0 Å². The Morgan fingerprint density at radius 1 is 1.52 bits per heavy atom. The molecule has 0 aromatic heterocycles. The molecule has 1 fully saturated rings. The third-order valence-corrected chi connectivity index (χ3v) is 3.61. The first-order valence-corrected chi connectivity index (χ1v) is 7.62. The predicted molar refractivity (Wildman–Crippen MR) is 85.9 cm³/mol. The van der Waals surface area contributed by atoms with Crippen molar-refractivity contribution in [3.63, 3.8) is 0 Å². The van der Waals surface area contributed by atoms with E-state index in [1.54, 1.807) is 13.0 Å². The number of nitro benzene ring substituents is 1. The first-order valence-electron chi connectivity index (χ1n) is 7.62. The van der Waals surface area contributed by atoms with E-state index in [1.165, 1.54) is 12.1 Å². The van der Waals surface area contributed by atoms with Crippen LogP contribution in [0.5, 0.6) is 0 Å². The van der Waals surface area contributed by atoms with Gasteiger partial charge in [-0.2, -0.15) is 0 Å². The maximum atomic E-state index is 12.0. The van der Waals surface area contributed by atoms with Crippen LogP contribution in [-0.4, -0.2) is 42.3 Å². The average molecular weight is 322 g/mol. The molecule has 0 amide bonds. The standard InChI is InChI=1S/C16H22N2O5/c1-5-22-15(19)13-8-12(6-7-14(13)18(20)21)17-9-11(2)23-16(3,4)10-17/h6-8,11H,5,9-10H2,1-4H3/t11-/m1/s1. The van der Waals surface area contributed by atoms with Gasteiger partial charge in [-0.05, 0) is 39.8 Å². The van der Waals surface area contributed by atoms with Gasteiger partial charge in [0.25, 0.3) is 5.69 Å². The number of carbonyl (C=O) groups excluding carboxylic acids is 1. The van der Waals surface area contributed by atoms with Crippen LogP contribution in [0.1, 0.15) is 38.1 Å². The monoisotopic (exact) mass is 322 g/mol. The van der Waals surface area contributed by atoms with Crippen molar-refractivity contribution in [3.05, 3.63) is 33.9 Å². The molecule has 1 aromatic rings. The highest BCUT2D eigenvalue weighted by molar-refractivity contribution is 5.95. The Morgan fingerprint density at radius 3 is 2.78 bits per heavy atom. The first kappa shape index (κ1) is 17.2. The molecule has 1 aliphatic rings. The van der Waals surface area contributed by atoms with E-state index in [4.69, 9.17) is 9.47 Å². The van der Waals surface area contributed by atoms with Crippen LogP contribution in [0.2, 0.25) is 0 Å². The van der Waals surface area contributed by atoms with E-state index in [1.807, 2.05) is 20.8 Å². The van der Waals surface area contributed by atoms with Gasteiger partial charge < -0.3 is 14.4 Å². The van der Waals surface area contributed by atoms with Crippen LogP contribution in [0.4, 0.5) is 11.4 Å². The number of nitrogens with zero attached hydrogens (tertiary/aromatic N) is 2. The van der Waals surface area contributed by atoms with E-state index in [9.17, 15) is 14.9 Å². The molecule has 0 spiro atoms. The summed E-state index contributed by atoms with van der Waals surface area (Å²) in [6, 6.07) is 4.55. The zero-order chi connectivity index (χ0) is 17.2. The lowest BCUT2D eigenvalue weighted by Gasteiger charge is -2.43. The summed E-state index contributed by atoms with van der Waals surface area (Å²) in [7, 11) is 0. The molecule has 1 heterocycles. The molecule has 1 atom stereocenters. The van der Waals surface area contributed by atoms with Crippen molar-refractivity contribution in [2.45, 2.75) is 39.4 Å². The van der Waals surface area contributed by atoms with Crippen LogP contribution in [-0.2, 0) is 9.47 Å². The summed E-state index contributed by atoms with van der Waals surface area (Å²) in [6.45, 7) is 9.09. The molecule has 0 saturated carbocycles. The summed E-state index contributed by atoms with van der Waals surface area (Å²) in [5.74, 6) is -0.679. The summed E-state index contributed by atoms with van der Waals surface area (Å²) in [6.07, 6.45) is 0.0278. The molecule has 0 radical (unpaired) electrons. The van der Waals surface area contributed by atoms with Crippen LogP contribution in [0.25, 0.3) is 0 Å². The van der Waals surface area contributed by atoms with Crippen LogP contribution in [0.15, 0.2) is 18.2 Å². The van der Waals surface area contributed by atoms with Gasteiger partial charge in [-0.15, -0.1) is 0 Å². The minimum absolute atomic E-state index is 0.0219. The number of anilines is 1. The summed E-state index contributed by atoms with van der Waals surface area (Å²) < 4.78 is 10.8. The molecule has 0 bridgehead atoms. The average Bonchev–Trinajstić information content (AvgIpc) is 2.44. The second-order valence-electron chi connectivity index (χ2n) is 6.25. The number of carbonyl (C=O) groups is 1. The van der Waals surface area contributed by atoms with Crippen molar-refractivity contribution in [1.82, 2.24) is 0 Å². The molecule has 1 aliphatic heterocycles. The minimum Gasteiger partial charge on any atom is -0.462 e. The third kappa shape index (κ3) is 3.98. The molecule has 1 aromatic carbocycles. The predicted octanol–water partition coefficient (Wildman–Crippen LogP) is 2.78. The van der Waals surface area contributed by atoms with E-state index < -0.39 is 10.9 Å². The quantitative estimate of drug-likeness (QED) is 0.481. The lowest BCUT2D eigenvalue weighted by Crippen LogP contribution is -2.52. The Bertz CT molecular complexity index is 614. The van der Waals surface area contributed by atoms with Gasteiger partial charge in [-0.25, -0.2) is 4.79 Å². The molecule has 7 heteroatoms. The highest BCUT2D eigenvalue weighted by Crippen LogP contribution is 2.30. The van der Waals surface area contributed by atoms with Crippen molar-refractivity contribution < 1.29 is 19.2 Å². The van der Waals surface area contributed by atoms with Crippen molar-refractivity contribution in [3.8, 4) is 0 Å². The van der Waals surface area contributed by atoms with Crippen molar-refractivity contribution >= 4 is 17.3 Å². The molecule has 0 aliphatic carbocycles. The minimum atomic E-state index is -0.679. The first-order chi connectivity index (χ1) is 10.7. The molecule has 1 saturated heterocycles. The molecule has 7 nitrogen and oxygen atoms in total. The molecule has 2 rings (SSSR count). The fraction of sp³-hybridized carbons (Fsp3) is 0.562. The highest BCUT2D eigenvalue weighted by Gasteiger charge is 2.32. The van der Waals surface area contributed by atoms with Crippen molar-refractivity contribution in [2.24, 2.45) is 0 Å². The number of esters is 1. The fourth-order valence-corrected chi connectivity index (χ4v) is 2.90. The normalized spacial score (nSPS) is 20.2. The van der Waals surface area contributed by atoms with Crippen molar-refractivity contribution in [1.29, 1.82) is 0 Å². The number of benzene rings is 1. The van der Waals surface area contributed by atoms with Gasteiger partial charge in [0, 0.05) is 24.8 Å². The Morgan fingerprint density at radius 2 is 2.22 bits per heavy atom. The maximum absolute atomic E-state index is 12.0. The molecular weight excluding hydrogens is 300 g/mol. The zero-order valence-electron chi connectivity index (χ0n) is 13.9. The van der Waals surface area contributed by atoms with E-state index in [2.05, 4.69) is 4.90 Å². The Balaban J connectivity index is 2.38. The second-order valence-corrected chi connectivity index (χ2v) is 6.25. The Hall–Kier alpha value is -2.15. The molecule has 0 N–H and O–H groups in total. The van der Waals surface area contributed by atoms with Crippen LogP contribution < -0.4 is 4.90 Å². The summed E-state index contributed by atoms with van der Waals surface area (Å²) >= 11 is 0. The van der Waals surface area contributed by atoms with Gasteiger partial charge in [0.2, 0.25) is 0 Å². The molecule has 23 heavy (non-hydrogen) atoms. The summed E-state index contributed by atoms with van der Waals surface area (Å²) in [5.41, 5.74) is 0.157. The highest BCUT2D eigenvalue weighted by atomic mass is 16.6. The summed E-state index contributed by atoms with van der Waals surface area (Å²) in [5, 5.41) is 11.1. The zero-order valence-corrected chi connectivity index (χ0v) is 13.9. The fourth-order valence-electron chi connectivity index (χ4n) is 2.90. The topological polar surface area (TPSA) is 81.9 Å². The molecular formula is C16H22N2O5. The largest absolute Gasteiger partial charge is 0.462 e. The number of rotatable bonds is 4. The Kier molecular flexibility index (Phi) is 4.89. The lowest BCUT2D eigenvalue weighted by molar-refractivity contribution is -0.385. The number of hydrogen-bond acceptors (Lipinski definition) is 6. The number of morpholine rings is 1. The van der Waals surface area contributed by atoms with Crippen LogP contribution >= 0.6 is 0 Å². The lowest BCUT2D eigenvalue weighted by atomic mass is 10.0. The third-order valence-electron chi connectivity index (χ3n) is 3.61. The molecule has 0 unspecified atom stereocenters. The number of nitro groups is 1. The Labute approximate surface area is 135 Å². The number of ether oxygens (including phenoxy) is 2. The van der Waals surface area contributed by atoms with E-state index in [-0.39, 0.29) is 29.6 Å².